The summed E-state index contributed by atoms with van der Waals surface area (Å²) in [5.74, 6) is -0.595. The van der Waals surface area contributed by atoms with E-state index in [4.69, 9.17) is 0 Å². The van der Waals surface area contributed by atoms with Gasteiger partial charge in [0.1, 0.15) is 0 Å². The summed E-state index contributed by atoms with van der Waals surface area (Å²) in [5, 5.41) is 5.58. The van der Waals surface area contributed by atoms with Gasteiger partial charge in [0.2, 0.25) is 5.91 Å². The highest BCUT2D eigenvalue weighted by atomic mass is 79.9. The monoisotopic (exact) mass is 421 g/mol. The van der Waals surface area contributed by atoms with Gasteiger partial charge in [-0.25, -0.2) is 0 Å². The molecule has 0 saturated carbocycles. The van der Waals surface area contributed by atoms with Crippen molar-refractivity contribution in [3.05, 3.63) is 94.7 Å². The summed E-state index contributed by atoms with van der Waals surface area (Å²) >= 11 is 3.44. The maximum atomic E-state index is 12.3. The minimum atomic E-state index is -0.298. The molecule has 2 amide bonds. The molecule has 1 heterocycles. The number of hydrogen-bond donors (Lipinski definition) is 2. The number of nitrogens with one attached hydrogen (secondary N) is 2. The van der Waals surface area contributed by atoms with Crippen LogP contribution in [0.5, 0.6) is 0 Å². The smallest absolute Gasteiger partial charge is 0.257 e. The summed E-state index contributed by atoms with van der Waals surface area (Å²) in [5.41, 5.74) is 2.35. The first-order valence-corrected chi connectivity index (χ1v) is 8.97. The lowest BCUT2D eigenvalue weighted by atomic mass is 10.2. The van der Waals surface area contributed by atoms with Crippen molar-refractivity contribution < 1.29 is 9.59 Å². The second-order valence-electron chi connectivity index (χ2n) is 5.59. The molecule has 0 saturated heterocycles. The van der Waals surface area contributed by atoms with E-state index < -0.39 is 0 Å². The van der Waals surface area contributed by atoms with E-state index in [9.17, 15) is 9.59 Å². The molecule has 2 aromatic carbocycles. The number of anilines is 2. The predicted molar refractivity (Wildman–Crippen MR) is 110 cm³/mol. The molecule has 0 unspecified atom stereocenters. The van der Waals surface area contributed by atoms with Crippen LogP contribution in [0.15, 0.2) is 83.6 Å². The van der Waals surface area contributed by atoms with E-state index in [1.807, 2.05) is 24.3 Å². The molecule has 2 N–H and O–H groups in total. The summed E-state index contributed by atoms with van der Waals surface area (Å²) in [4.78, 5) is 28.5. The van der Waals surface area contributed by atoms with Crippen LogP contribution >= 0.6 is 15.9 Å². The van der Waals surface area contributed by atoms with E-state index in [1.165, 1.54) is 12.3 Å². The molecule has 6 heteroatoms. The van der Waals surface area contributed by atoms with Gasteiger partial charge in [0.15, 0.2) is 0 Å². The fourth-order valence-electron chi connectivity index (χ4n) is 2.34. The molecule has 134 valence electrons. The van der Waals surface area contributed by atoms with Gasteiger partial charge >= 0.3 is 0 Å². The molecule has 0 aliphatic heterocycles. The molecule has 27 heavy (non-hydrogen) atoms. The largest absolute Gasteiger partial charge is 0.321 e. The number of para-hydroxylation sites is 2. The molecule has 0 spiro atoms. The van der Waals surface area contributed by atoms with Gasteiger partial charge in [-0.2, -0.15) is 0 Å². The molecule has 0 fully saturated rings. The van der Waals surface area contributed by atoms with Crippen molar-refractivity contribution in [2.75, 3.05) is 10.6 Å². The molecule has 5 nitrogen and oxygen atoms in total. The van der Waals surface area contributed by atoms with Gasteiger partial charge < -0.3 is 10.6 Å². The number of carbonyl (C=O) groups excluding carboxylic acids is 2. The standard InChI is InChI=1S/C21H16BrN3O2/c22-17-8-2-1-6-15(17)11-12-20(26)24-18-9-3-4-10-19(18)25-21(27)16-7-5-13-23-14-16/h1-14H,(H,24,26)(H,25,27)/b12-11+. The number of carbonyl (C=O) groups is 2. The second kappa shape index (κ2) is 8.91. The molecule has 1 aromatic heterocycles. The topological polar surface area (TPSA) is 71.1 Å². The van der Waals surface area contributed by atoms with Crippen LogP contribution in [0, 0.1) is 0 Å². The lowest BCUT2D eigenvalue weighted by Crippen LogP contribution is -2.15. The molecular formula is C21H16BrN3O2. The summed E-state index contributed by atoms with van der Waals surface area (Å²) in [6.07, 6.45) is 6.25. The van der Waals surface area contributed by atoms with Crippen LogP contribution in [0.1, 0.15) is 15.9 Å². The first-order valence-electron chi connectivity index (χ1n) is 8.17. The van der Waals surface area contributed by atoms with Crippen LogP contribution in [0.25, 0.3) is 6.08 Å². The average Bonchev–Trinajstić information content (AvgIpc) is 2.69. The van der Waals surface area contributed by atoms with Gasteiger partial charge in [-0.3, -0.25) is 14.6 Å². The zero-order chi connectivity index (χ0) is 19.1. The van der Waals surface area contributed by atoms with E-state index in [0.29, 0.717) is 16.9 Å². The zero-order valence-electron chi connectivity index (χ0n) is 14.2. The van der Waals surface area contributed by atoms with E-state index in [1.54, 1.807) is 48.7 Å². The highest BCUT2D eigenvalue weighted by Gasteiger charge is 2.10. The van der Waals surface area contributed by atoms with Gasteiger partial charge in [0.25, 0.3) is 5.91 Å². The zero-order valence-corrected chi connectivity index (χ0v) is 15.8. The van der Waals surface area contributed by atoms with Crippen molar-refractivity contribution in [2.24, 2.45) is 0 Å². The Balaban J connectivity index is 1.71. The van der Waals surface area contributed by atoms with E-state index in [0.717, 1.165) is 10.0 Å². The molecule has 0 radical (unpaired) electrons. The van der Waals surface area contributed by atoms with Crippen LogP contribution in [0.3, 0.4) is 0 Å². The summed E-state index contributed by atoms with van der Waals surface area (Å²) in [7, 11) is 0. The number of benzene rings is 2. The summed E-state index contributed by atoms with van der Waals surface area (Å²) < 4.78 is 0.901. The number of pyridine rings is 1. The summed E-state index contributed by atoms with van der Waals surface area (Å²) in [6.45, 7) is 0. The number of aromatic nitrogens is 1. The van der Waals surface area contributed by atoms with Gasteiger partial charge in [-0.05, 0) is 42.0 Å². The lowest BCUT2D eigenvalue weighted by molar-refractivity contribution is -0.111. The summed E-state index contributed by atoms with van der Waals surface area (Å²) in [6, 6.07) is 18.0. The Labute approximate surface area is 165 Å². The number of amides is 2. The number of nitrogens with zero attached hydrogens (tertiary/aromatic N) is 1. The Kier molecular flexibility index (Phi) is 6.12. The van der Waals surface area contributed by atoms with E-state index in [2.05, 4.69) is 31.5 Å². The number of halogens is 1. The quantitative estimate of drug-likeness (QED) is 0.583. The van der Waals surface area contributed by atoms with Crippen molar-refractivity contribution in [1.82, 2.24) is 4.98 Å². The second-order valence-corrected chi connectivity index (χ2v) is 6.44. The highest BCUT2D eigenvalue weighted by molar-refractivity contribution is 9.10. The van der Waals surface area contributed by atoms with Gasteiger partial charge in [-0.1, -0.05) is 46.3 Å². The molecule has 3 aromatic rings. The van der Waals surface area contributed by atoms with E-state index in [-0.39, 0.29) is 11.8 Å². The third-order valence-corrected chi connectivity index (χ3v) is 4.40. The van der Waals surface area contributed by atoms with Crippen LogP contribution in [0.2, 0.25) is 0 Å². The predicted octanol–water partition coefficient (Wildman–Crippen LogP) is 4.75. The van der Waals surface area contributed by atoms with Crippen molar-refractivity contribution >= 4 is 45.2 Å². The fraction of sp³-hybridized carbons (Fsp3) is 0. The minimum absolute atomic E-state index is 0.297. The van der Waals surface area contributed by atoms with Crippen molar-refractivity contribution in [2.45, 2.75) is 0 Å². The SMILES string of the molecule is O=C(/C=C/c1ccccc1Br)Nc1ccccc1NC(=O)c1cccnc1. The van der Waals surface area contributed by atoms with Crippen LogP contribution in [-0.2, 0) is 4.79 Å². The maximum Gasteiger partial charge on any atom is 0.257 e. The normalized spacial score (nSPS) is 10.6. The third-order valence-electron chi connectivity index (χ3n) is 3.68. The number of hydrogen-bond acceptors (Lipinski definition) is 3. The lowest BCUT2D eigenvalue weighted by Gasteiger charge is -2.11. The van der Waals surface area contributed by atoms with Crippen LogP contribution in [-0.4, -0.2) is 16.8 Å². The fourth-order valence-corrected chi connectivity index (χ4v) is 2.76. The Morgan fingerprint density at radius 1 is 0.889 bits per heavy atom. The van der Waals surface area contributed by atoms with Crippen molar-refractivity contribution in [1.29, 1.82) is 0 Å². The maximum absolute atomic E-state index is 12.3. The molecular weight excluding hydrogens is 406 g/mol. The third kappa shape index (κ3) is 5.12. The van der Waals surface area contributed by atoms with Gasteiger partial charge in [-0.15, -0.1) is 0 Å². The Hall–Kier alpha value is -3.25. The van der Waals surface area contributed by atoms with Gasteiger partial charge in [0, 0.05) is 22.9 Å². The molecule has 0 bridgehead atoms. The molecule has 0 aliphatic carbocycles. The van der Waals surface area contributed by atoms with Crippen molar-refractivity contribution in [3.63, 3.8) is 0 Å². The Bertz CT molecular complexity index is 987. The first kappa shape index (κ1) is 18.5. The highest BCUT2D eigenvalue weighted by Crippen LogP contribution is 2.22. The Morgan fingerprint density at radius 3 is 2.30 bits per heavy atom. The molecule has 0 atom stereocenters. The van der Waals surface area contributed by atoms with Crippen LogP contribution in [0.4, 0.5) is 11.4 Å². The molecule has 0 aliphatic rings. The van der Waals surface area contributed by atoms with Gasteiger partial charge in [0.05, 0.1) is 16.9 Å². The minimum Gasteiger partial charge on any atom is -0.321 e. The Morgan fingerprint density at radius 2 is 1.59 bits per heavy atom. The van der Waals surface area contributed by atoms with Crippen LogP contribution < -0.4 is 10.6 Å². The van der Waals surface area contributed by atoms with E-state index >= 15 is 0 Å². The average molecular weight is 422 g/mol. The number of rotatable bonds is 5. The molecule has 3 rings (SSSR count). The van der Waals surface area contributed by atoms with Crippen molar-refractivity contribution in [3.8, 4) is 0 Å². The first-order chi connectivity index (χ1) is 13.1.